The summed E-state index contributed by atoms with van der Waals surface area (Å²) in [4.78, 5) is 23.2. The molecule has 3 aromatic rings. The molecule has 0 fully saturated rings. The predicted molar refractivity (Wildman–Crippen MR) is 128 cm³/mol. The van der Waals surface area contributed by atoms with Crippen LogP contribution in [0.15, 0.2) is 41.6 Å². The molecule has 0 aliphatic rings. The van der Waals surface area contributed by atoms with Gasteiger partial charge in [-0.05, 0) is 37.1 Å². The quantitative estimate of drug-likeness (QED) is 0.239. The summed E-state index contributed by atoms with van der Waals surface area (Å²) in [5, 5.41) is 24.0. The molecule has 0 unspecified atom stereocenters. The standard InChI is InChI=1S/C21H21Cl2N5O3S/c1-12(2)10-27-20(15-8-7-14(22)9-16(15)23)25-26-21(27)32-11-19(29)24-17-5-4-6-18(13(17)3)28(30)31/h4-9,12H,10-11H2,1-3H3,(H,24,29). The van der Waals surface area contributed by atoms with Crippen molar-refractivity contribution in [1.29, 1.82) is 0 Å². The second-order valence-electron chi connectivity index (χ2n) is 7.48. The molecule has 1 aromatic heterocycles. The molecule has 1 N–H and O–H groups in total. The summed E-state index contributed by atoms with van der Waals surface area (Å²) in [6.07, 6.45) is 0. The molecule has 1 heterocycles. The van der Waals surface area contributed by atoms with E-state index in [9.17, 15) is 14.9 Å². The molecule has 0 aliphatic heterocycles. The molecule has 168 valence electrons. The Hall–Kier alpha value is -2.62. The first-order chi connectivity index (χ1) is 15.2. The molecule has 0 radical (unpaired) electrons. The van der Waals surface area contributed by atoms with Gasteiger partial charge in [-0.15, -0.1) is 10.2 Å². The van der Waals surface area contributed by atoms with Crippen LogP contribution >= 0.6 is 35.0 Å². The second kappa shape index (κ2) is 10.3. The van der Waals surface area contributed by atoms with Crippen molar-refractivity contribution in [3.63, 3.8) is 0 Å². The molecule has 8 nitrogen and oxygen atoms in total. The topological polar surface area (TPSA) is 103 Å². The van der Waals surface area contributed by atoms with E-state index < -0.39 is 4.92 Å². The summed E-state index contributed by atoms with van der Waals surface area (Å²) in [5.74, 6) is 0.658. The van der Waals surface area contributed by atoms with Crippen LogP contribution in [0.4, 0.5) is 11.4 Å². The first kappa shape index (κ1) is 24.0. The maximum atomic E-state index is 12.5. The number of hydrogen-bond donors (Lipinski definition) is 1. The predicted octanol–water partition coefficient (Wildman–Crippen LogP) is 5.86. The van der Waals surface area contributed by atoms with Crippen LogP contribution in [0.1, 0.15) is 19.4 Å². The van der Waals surface area contributed by atoms with Gasteiger partial charge < -0.3 is 9.88 Å². The number of rotatable bonds is 8. The molecule has 0 saturated heterocycles. The number of nitrogens with zero attached hydrogens (tertiary/aromatic N) is 4. The van der Waals surface area contributed by atoms with E-state index in [4.69, 9.17) is 23.2 Å². The molecule has 0 atom stereocenters. The first-order valence-corrected chi connectivity index (χ1v) is 11.5. The lowest BCUT2D eigenvalue weighted by Gasteiger charge is -2.13. The zero-order valence-electron chi connectivity index (χ0n) is 17.6. The average molecular weight is 494 g/mol. The van der Waals surface area contributed by atoms with Gasteiger partial charge in [-0.2, -0.15) is 0 Å². The van der Waals surface area contributed by atoms with E-state index in [1.165, 1.54) is 23.9 Å². The highest BCUT2D eigenvalue weighted by Crippen LogP contribution is 2.32. The largest absolute Gasteiger partial charge is 0.325 e. The SMILES string of the molecule is Cc1c(NC(=O)CSc2nnc(-c3ccc(Cl)cc3Cl)n2CC(C)C)cccc1[N+](=O)[O-]. The van der Waals surface area contributed by atoms with Crippen molar-refractivity contribution >= 4 is 52.2 Å². The van der Waals surface area contributed by atoms with E-state index >= 15 is 0 Å². The summed E-state index contributed by atoms with van der Waals surface area (Å²) in [6.45, 7) is 6.37. The van der Waals surface area contributed by atoms with Gasteiger partial charge in [0.1, 0.15) is 0 Å². The van der Waals surface area contributed by atoms with Gasteiger partial charge in [0, 0.05) is 23.2 Å². The number of carbonyl (C=O) groups is 1. The number of aromatic nitrogens is 3. The van der Waals surface area contributed by atoms with Gasteiger partial charge in [0.2, 0.25) is 5.91 Å². The number of benzene rings is 2. The van der Waals surface area contributed by atoms with E-state index in [1.807, 2.05) is 4.57 Å². The monoisotopic (exact) mass is 493 g/mol. The number of carbonyl (C=O) groups excluding carboxylic acids is 1. The van der Waals surface area contributed by atoms with E-state index in [1.54, 1.807) is 31.2 Å². The van der Waals surface area contributed by atoms with Gasteiger partial charge in [-0.1, -0.05) is 54.9 Å². The highest BCUT2D eigenvalue weighted by molar-refractivity contribution is 7.99. The smallest absolute Gasteiger partial charge is 0.274 e. The lowest BCUT2D eigenvalue weighted by Crippen LogP contribution is -2.16. The molecule has 0 saturated carbocycles. The van der Waals surface area contributed by atoms with E-state index in [0.717, 1.165) is 0 Å². The van der Waals surface area contributed by atoms with Crippen LogP contribution in [-0.2, 0) is 11.3 Å². The van der Waals surface area contributed by atoms with Crippen molar-refractivity contribution in [3.05, 3.63) is 62.1 Å². The minimum atomic E-state index is -0.475. The average Bonchev–Trinajstić information content (AvgIpc) is 3.09. The van der Waals surface area contributed by atoms with Gasteiger partial charge in [0.05, 0.1) is 26.9 Å². The first-order valence-electron chi connectivity index (χ1n) is 9.72. The molecule has 1 amide bonds. The number of nitro groups is 1. The maximum absolute atomic E-state index is 12.5. The fourth-order valence-corrected chi connectivity index (χ4v) is 4.31. The summed E-state index contributed by atoms with van der Waals surface area (Å²) < 4.78 is 1.93. The Morgan fingerprint density at radius 2 is 2.00 bits per heavy atom. The third kappa shape index (κ3) is 5.59. The van der Waals surface area contributed by atoms with Crippen molar-refractivity contribution in [2.45, 2.75) is 32.5 Å². The Morgan fingerprint density at radius 3 is 2.66 bits per heavy atom. The van der Waals surface area contributed by atoms with E-state index in [0.29, 0.717) is 50.3 Å². The summed E-state index contributed by atoms with van der Waals surface area (Å²) in [7, 11) is 0. The second-order valence-corrected chi connectivity index (χ2v) is 9.26. The van der Waals surface area contributed by atoms with Crippen molar-refractivity contribution < 1.29 is 9.72 Å². The van der Waals surface area contributed by atoms with Crippen molar-refractivity contribution in [3.8, 4) is 11.4 Å². The summed E-state index contributed by atoms with van der Waals surface area (Å²) in [6, 6.07) is 9.74. The van der Waals surface area contributed by atoms with Crippen LogP contribution in [0.5, 0.6) is 0 Å². The number of hydrogen-bond acceptors (Lipinski definition) is 6. The number of amides is 1. The molecule has 11 heteroatoms. The van der Waals surface area contributed by atoms with Gasteiger partial charge in [-0.25, -0.2) is 0 Å². The van der Waals surface area contributed by atoms with Crippen LogP contribution < -0.4 is 5.32 Å². The third-order valence-corrected chi connectivity index (χ3v) is 6.06. The minimum Gasteiger partial charge on any atom is -0.325 e. The molecule has 32 heavy (non-hydrogen) atoms. The maximum Gasteiger partial charge on any atom is 0.274 e. The molecule has 0 aliphatic carbocycles. The molecular weight excluding hydrogens is 473 g/mol. The van der Waals surface area contributed by atoms with Crippen LogP contribution in [0.3, 0.4) is 0 Å². The van der Waals surface area contributed by atoms with Gasteiger partial charge in [-0.3, -0.25) is 14.9 Å². The zero-order valence-corrected chi connectivity index (χ0v) is 20.0. The van der Waals surface area contributed by atoms with Crippen LogP contribution in [0.2, 0.25) is 10.0 Å². The van der Waals surface area contributed by atoms with E-state index in [2.05, 4.69) is 29.4 Å². The van der Waals surface area contributed by atoms with Crippen molar-refractivity contribution in [1.82, 2.24) is 14.8 Å². The molecule has 2 aromatic carbocycles. The Labute approximate surface area is 199 Å². The Bertz CT molecular complexity index is 1170. The van der Waals surface area contributed by atoms with Crippen LogP contribution in [0.25, 0.3) is 11.4 Å². The lowest BCUT2D eigenvalue weighted by atomic mass is 10.1. The number of thioether (sulfide) groups is 1. The van der Waals surface area contributed by atoms with Gasteiger partial charge >= 0.3 is 0 Å². The number of anilines is 1. The molecular formula is C21H21Cl2N5O3S. The number of halogens is 2. The highest BCUT2D eigenvalue weighted by atomic mass is 35.5. The molecule has 3 rings (SSSR count). The summed E-state index contributed by atoms with van der Waals surface area (Å²) in [5.41, 5.74) is 1.46. The minimum absolute atomic E-state index is 0.0448. The highest BCUT2D eigenvalue weighted by Gasteiger charge is 2.20. The fraction of sp³-hybridized carbons (Fsp3) is 0.286. The molecule has 0 bridgehead atoms. The zero-order chi connectivity index (χ0) is 23.4. The third-order valence-electron chi connectivity index (χ3n) is 4.54. The van der Waals surface area contributed by atoms with Crippen molar-refractivity contribution in [2.24, 2.45) is 5.92 Å². The van der Waals surface area contributed by atoms with E-state index in [-0.39, 0.29) is 17.3 Å². The van der Waals surface area contributed by atoms with Gasteiger partial charge in [0.15, 0.2) is 11.0 Å². The van der Waals surface area contributed by atoms with Crippen LogP contribution in [0, 0.1) is 23.0 Å². The Kier molecular flexibility index (Phi) is 7.76. The van der Waals surface area contributed by atoms with Crippen LogP contribution in [-0.4, -0.2) is 31.3 Å². The Balaban J connectivity index is 1.79. The Morgan fingerprint density at radius 1 is 1.25 bits per heavy atom. The summed E-state index contributed by atoms with van der Waals surface area (Å²) >= 11 is 13.6. The fourth-order valence-electron chi connectivity index (χ4n) is 3.07. The molecule has 0 spiro atoms. The van der Waals surface area contributed by atoms with Gasteiger partial charge in [0.25, 0.3) is 5.69 Å². The normalized spacial score (nSPS) is 11.1. The number of nitro benzene ring substituents is 1. The lowest BCUT2D eigenvalue weighted by molar-refractivity contribution is -0.385. The van der Waals surface area contributed by atoms with Crippen molar-refractivity contribution in [2.75, 3.05) is 11.1 Å². The number of nitrogens with one attached hydrogen (secondary N) is 1.